The van der Waals surface area contributed by atoms with E-state index in [1.54, 1.807) is 0 Å². The highest BCUT2D eigenvalue weighted by molar-refractivity contribution is 6.01. The number of nitrogens with one attached hydrogen (secondary N) is 1. The molecule has 0 radical (unpaired) electrons. The van der Waals surface area contributed by atoms with E-state index in [0.29, 0.717) is 12.4 Å². The molecular formula is C24H20N6O2. The Morgan fingerprint density at radius 1 is 0.969 bits per heavy atom. The Labute approximate surface area is 183 Å². The summed E-state index contributed by atoms with van der Waals surface area (Å²) in [7, 11) is 0. The first-order valence-electron chi connectivity index (χ1n) is 10.4. The fourth-order valence-corrected chi connectivity index (χ4v) is 4.05. The molecule has 0 aliphatic carbocycles. The molecule has 0 unspecified atom stereocenters. The number of aryl methyl sites for hydroxylation is 2. The smallest absolute Gasteiger partial charge is 0.231 e. The topological polar surface area (TPSA) is 86.5 Å². The Morgan fingerprint density at radius 3 is 2.69 bits per heavy atom. The number of fused-ring (bicyclic) bond motifs is 4. The molecule has 0 saturated heterocycles. The molecule has 0 saturated carbocycles. The summed E-state index contributed by atoms with van der Waals surface area (Å²) in [6, 6.07) is 18.1. The maximum Gasteiger partial charge on any atom is 0.231 e. The van der Waals surface area contributed by atoms with Crippen LogP contribution in [0.2, 0.25) is 0 Å². The quantitative estimate of drug-likeness (QED) is 0.460. The van der Waals surface area contributed by atoms with Gasteiger partial charge in [-0.3, -0.25) is 0 Å². The van der Waals surface area contributed by atoms with Crippen molar-refractivity contribution in [2.24, 2.45) is 0 Å². The largest absolute Gasteiger partial charge is 0.454 e. The van der Waals surface area contributed by atoms with Gasteiger partial charge >= 0.3 is 0 Å². The molecule has 1 N–H and O–H groups in total. The molecule has 6 rings (SSSR count). The summed E-state index contributed by atoms with van der Waals surface area (Å²) in [4.78, 5) is 4.83. The Morgan fingerprint density at radius 2 is 1.81 bits per heavy atom. The van der Waals surface area contributed by atoms with E-state index in [9.17, 15) is 0 Å². The first kappa shape index (κ1) is 18.6. The molecule has 0 bridgehead atoms. The van der Waals surface area contributed by atoms with Crippen molar-refractivity contribution < 1.29 is 9.47 Å². The Bertz CT molecular complexity index is 1480. The van der Waals surface area contributed by atoms with Crippen molar-refractivity contribution in [2.75, 3.05) is 12.1 Å². The van der Waals surface area contributed by atoms with Crippen LogP contribution in [0.5, 0.6) is 11.5 Å². The fourth-order valence-electron chi connectivity index (χ4n) is 4.05. The molecule has 158 valence electrons. The Kier molecular flexibility index (Phi) is 4.17. The molecule has 0 fully saturated rings. The molecule has 3 aromatic heterocycles. The summed E-state index contributed by atoms with van der Waals surface area (Å²) in [6.07, 6.45) is 0. The van der Waals surface area contributed by atoms with Gasteiger partial charge in [-0.2, -0.15) is 10.2 Å². The normalized spacial score (nSPS) is 12.6. The second-order valence-corrected chi connectivity index (χ2v) is 7.75. The second kappa shape index (κ2) is 7.19. The van der Waals surface area contributed by atoms with Gasteiger partial charge in [0.25, 0.3) is 0 Å². The standard InChI is InChI=1S/C24H20N6O2/c1-14-22-19-11-18(17-6-4-3-5-7-17)29-30(19)15(2)26-23(22)24(28-27-14)25-12-16-8-9-20-21(10-16)32-13-31-20/h3-11H,12-13H2,1-2H3,(H,25,28). The number of benzene rings is 2. The summed E-state index contributed by atoms with van der Waals surface area (Å²) in [5, 5.41) is 17.9. The molecule has 4 heterocycles. The van der Waals surface area contributed by atoms with Crippen molar-refractivity contribution in [1.82, 2.24) is 24.8 Å². The van der Waals surface area contributed by atoms with Gasteiger partial charge in [0.1, 0.15) is 11.3 Å². The van der Waals surface area contributed by atoms with Crippen LogP contribution in [0.25, 0.3) is 27.7 Å². The molecule has 5 aromatic rings. The minimum absolute atomic E-state index is 0.260. The highest BCUT2D eigenvalue weighted by Crippen LogP contribution is 2.33. The monoisotopic (exact) mass is 424 g/mol. The van der Waals surface area contributed by atoms with E-state index in [1.807, 2.05) is 54.8 Å². The van der Waals surface area contributed by atoms with Gasteiger partial charge in [-0.25, -0.2) is 9.50 Å². The van der Waals surface area contributed by atoms with E-state index in [-0.39, 0.29) is 6.79 Å². The number of ether oxygens (including phenoxy) is 2. The average Bonchev–Trinajstić information content (AvgIpc) is 3.46. The van der Waals surface area contributed by atoms with Gasteiger partial charge in [-0.05, 0) is 37.6 Å². The van der Waals surface area contributed by atoms with Crippen molar-refractivity contribution >= 4 is 22.2 Å². The first-order valence-corrected chi connectivity index (χ1v) is 10.4. The summed E-state index contributed by atoms with van der Waals surface area (Å²) in [5.74, 6) is 2.95. The third kappa shape index (κ3) is 2.99. The minimum atomic E-state index is 0.260. The lowest BCUT2D eigenvalue weighted by Gasteiger charge is -2.11. The number of aromatic nitrogens is 5. The third-order valence-corrected chi connectivity index (χ3v) is 5.64. The Hall–Kier alpha value is -4.20. The van der Waals surface area contributed by atoms with Gasteiger partial charge in [-0.1, -0.05) is 36.4 Å². The van der Waals surface area contributed by atoms with Gasteiger partial charge in [0.05, 0.1) is 22.3 Å². The zero-order valence-corrected chi connectivity index (χ0v) is 17.7. The van der Waals surface area contributed by atoms with Crippen molar-refractivity contribution in [3.05, 3.63) is 71.7 Å². The van der Waals surface area contributed by atoms with Crippen LogP contribution in [-0.4, -0.2) is 31.6 Å². The van der Waals surface area contributed by atoms with Crippen molar-refractivity contribution in [3.63, 3.8) is 0 Å². The number of anilines is 1. The predicted octanol–water partition coefficient (Wildman–Crippen LogP) is 4.30. The van der Waals surface area contributed by atoms with Gasteiger partial charge in [0, 0.05) is 12.1 Å². The summed E-state index contributed by atoms with van der Waals surface area (Å²) in [5.41, 5.74) is 5.57. The molecule has 0 spiro atoms. The third-order valence-electron chi connectivity index (χ3n) is 5.64. The zero-order chi connectivity index (χ0) is 21.7. The molecule has 2 aromatic carbocycles. The van der Waals surface area contributed by atoms with Gasteiger partial charge in [-0.15, -0.1) is 5.10 Å². The van der Waals surface area contributed by atoms with Crippen LogP contribution in [0.15, 0.2) is 54.6 Å². The fraction of sp³-hybridized carbons (Fsp3) is 0.167. The molecule has 0 amide bonds. The summed E-state index contributed by atoms with van der Waals surface area (Å²) < 4.78 is 12.7. The highest BCUT2D eigenvalue weighted by atomic mass is 16.7. The van der Waals surface area contributed by atoms with E-state index < -0.39 is 0 Å². The number of rotatable bonds is 4. The summed E-state index contributed by atoms with van der Waals surface area (Å²) in [6.45, 7) is 4.72. The van der Waals surface area contributed by atoms with Crippen LogP contribution in [0, 0.1) is 13.8 Å². The molecule has 0 atom stereocenters. The van der Waals surface area contributed by atoms with E-state index in [4.69, 9.17) is 19.6 Å². The number of hydrogen-bond donors (Lipinski definition) is 1. The van der Waals surface area contributed by atoms with Crippen LogP contribution >= 0.6 is 0 Å². The molecule has 1 aliphatic heterocycles. The van der Waals surface area contributed by atoms with E-state index >= 15 is 0 Å². The van der Waals surface area contributed by atoms with Crippen LogP contribution in [0.3, 0.4) is 0 Å². The SMILES string of the molecule is Cc1nnc(NCc2ccc3c(c2)OCO3)c2nc(C)n3nc(-c4ccccc4)cc3c12. The number of nitrogens with zero attached hydrogens (tertiary/aromatic N) is 5. The minimum Gasteiger partial charge on any atom is -0.454 e. The number of hydrogen-bond acceptors (Lipinski definition) is 7. The van der Waals surface area contributed by atoms with Gasteiger partial charge in [0.2, 0.25) is 6.79 Å². The first-order chi connectivity index (χ1) is 15.7. The zero-order valence-electron chi connectivity index (χ0n) is 17.7. The Balaban J connectivity index is 1.43. The predicted molar refractivity (Wildman–Crippen MR) is 121 cm³/mol. The van der Waals surface area contributed by atoms with Crippen LogP contribution in [0.4, 0.5) is 5.82 Å². The van der Waals surface area contributed by atoms with E-state index in [1.165, 1.54) is 0 Å². The lowest BCUT2D eigenvalue weighted by molar-refractivity contribution is 0.174. The van der Waals surface area contributed by atoms with E-state index in [0.717, 1.165) is 56.3 Å². The molecule has 1 aliphatic rings. The van der Waals surface area contributed by atoms with Crippen LogP contribution in [0.1, 0.15) is 17.1 Å². The van der Waals surface area contributed by atoms with Crippen molar-refractivity contribution in [3.8, 4) is 22.8 Å². The average molecular weight is 424 g/mol. The molecular weight excluding hydrogens is 404 g/mol. The summed E-state index contributed by atoms with van der Waals surface area (Å²) >= 11 is 0. The van der Waals surface area contributed by atoms with Gasteiger partial charge in [0.15, 0.2) is 17.3 Å². The lowest BCUT2D eigenvalue weighted by atomic mass is 10.1. The maximum absolute atomic E-state index is 5.48. The second-order valence-electron chi connectivity index (χ2n) is 7.75. The van der Waals surface area contributed by atoms with Gasteiger partial charge < -0.3 is 14.8 Å². The highest BCUT2D eigenvalue weighted by Gasteiger charge is 2.17. The van der Waals surface area contributed by atoms with Crippen molar-refractivity contribution in [2.45, 2.75) is 20.4 Å². The van der Waals surface area contributed by atoms with Crippen LogP contribution < -0.4 is 14.8 Å². The van der Waals surface area contributed by atoms with Crippen LogP contribution in [-0.2, 0) is 6.54 Å². The maximum atomic E-state index is 5.48. The lowest BCUT2D eigenvalue weighted by Crippen LogP contribution is -2.08. The molecule has 8 nitrogen and oxygen atoms in total. The van der Waals surface area contributed by atoms with E-state index in [2.05, 4.69) is 33.7 Å². The molecule has 32 heavy (non-hydrogen) atoms. The molecule has 8 heteroatoms. The van der Waals surface area contributed by atoms with Crippen molar-refractivity contribution in [1.29, 1.82) is 0 Å².